The molecule has 0 aliphatic carbocycles. The lowest BCUT2D eigenvalue weighted by Gasteiger charge is -2.02. The summed E-state index contributed by atoms with van der Waals surface area (Å²) in [7, 11) is 0. The van der Waals surface area contributed by atoms with Crippen molar-refractivity contribution in [2.24, 2.45) is 5.73 Å². The maximum absolute atomic E-state index is 10.8. The van der Waals surface area contributed by atoms with Gasteiger partial charge in [-0.15, -0.1) is 0 Å². The third-order valence-electron chi connectivity index (χ3n) is 1.71. The zero-order chi connectivity index (χ0) is 11.3. The summed E-state index contributed by atoms with van der Waals surface area (Å²) in [5.41, 5.74) is 6.18. The fraction of sp³-hybridized carbons (Fsp3) is 0.200. The number of aliphatic carboxylic acids is 1. The maximum Gasteiger partial charge on any atom is 0.329 e. The monoisotopic (exact) mass is 209 g/mol. The number of ether oxygens (including phenoxy) is 1. The van der Waals surface area contributed by atoms with Crippen molar-refractivity contribution >= 4 is 11.9 Å². The van der Waals surface area contributed by atoms with Gasteiger partial charge in [-0.2, -0.15) is 0 Å². The summed E-state index contributed by atoms with van der Waals surface area (Å²) < 4.78 is 4.86. The third-order valence-corrected chi connectivity index (χ3v) is 1.71. The van der Waals surface area contributed by atoms with Crippen LogP contribution < -0.4 is 5.73 Å². The molecule has 5 heteroatoms. The van der Waals surface area contributed by atoms with E-state index in [1.165, 1.54) is 0 Å². The van der Waals surface area contributed by atoms with Gasteiger partial charge in [-0.3, -0.25) is 4.79 Å². The molecule has 1 amide bonds. The zero-order valence-electron chi connectivity index (χ0n) is 7.97. The smallest absolute Gasteiger partial charge is 0.329 e. The number of carboxylic acid groups (broad SMARTS) is 1. The van der Waals surface area contributed by atoms with Crippen molar-refractivity contribution in [3.8, 4) is 0 Å². The SMILES string of the molecule is NC(=O)c1cccc(COCC(=O)O)c1. The van der Waals surface area contributed by atoms with E-state index in [0.717, 1.165) is 0 Å². The Morgan fingerprint density at radius 3 is 2.73 bits per heavy atom. The lowest BCUT2D eigenvalue weighted by molar-refractivity contribution is -0.142. The second kappa shape index (κ2) is 5.11. The zero-order valence-corrected chi connectivity index (χ0v) is 7.97. The second-order valence-corrected chi connectivity index (χ2v) is 2.95. The molecule has 0 spiro atoms. The van der Waals surface area contributed by atoms with Crippen LogP contribution in [0.25, 0.3) is 0 Å². The number of carboxylic acids is 1. The molecule has 0 saturated carbocycles. The number of carbonyl (C=O) groups excluding carboxylic acids is 1. The number of rotatable bonds is 5. The summed E-state index contributed by atoms with van der Waals surface area (Å²) in [6.45, 7) is -0.214. The number of hydrogen-bond acceptors (Lipinski definition) is 3. The Hall–Kier alpha value is -1.88. The minimum atomic E-state index is -1.03. The molecule has 0 unspecified atom stereocenters. The first-order chi connectivity index (χ1) is 7.09. The summed E-state index contributed by atoms with van der Waals surface area (Å²) in [6.07, 6.45) is 0. The predicted octanol–water partition coefficient (Wildman–Crippen LogP) is 0.387. The molecule has 0 saturated heterocycles. The van der Waals surface area contributed by atoms with Crippen LogP contribution in [0.15, 0.2) is 24.3 Å². The highest BCUT2D eigenvalue weighted by molar-refractivity contribution is 5.92. The summed E-state index contributed by atoms with van der Waals surface area (Å²) in [5, 5.41) is 8.34. The molecule has 0 atom stereocenters. The van der Waals surface area contributed by atoms with Crippen LogP contribution in [-0.2, 0) is 16.1 Å². The van der Waals surface area contributed by atoms with Gasteiger partial charge in [-0.25, -0.2) is 4.79 Å². The van der Waals surface area contributed by atoms with Crippen LogP contribution in [0, 0.1) is 0 Å². The molecule has 0 aliphatic rings. The quantitative estimate of drug-likeness (QED) is 0.733. The number of nitrogens with two attached hydrogens (primary N) is 1. The van der Waals surface area contributed by atoms with Gasteiger partial charge in [-0.05, 0) is 17.7 Å². The Balaban J connectivity index is 2.58. The van der Waals surface area contributed by atoms with Crippen molar-refractivity contribution in [3.05, 3.63) is 35.4 Å². The maximum atomic E-state index is 10.8. The standard InChI is InChI=1S/C10H11NO4/c11-10(14)8-3-1-2-7(4-8)5-15-6-9(12)13/h1-4H,5-6H2,(H2,11,14)(H,12,13). The van der Waals surface area contributed by atoms with Crippen molar-refractivity contribution in [2.75, 3.05) is 6.61 Å². The van der Waals surface area contributed by atoms with Crippen molar-refractivity contribution < 1.29 is 19.4 Å². The van der Waals surface area contributed by atoms with Gasteiger partial charge in [-0.1, -0.05) is 12.1 Å². The number of hydrogen-bond donors (Lipinski definition) is 2. The van der Waals surface area contributed by atoms with Gasteiger partial charge in [0.1, 0.15) is 6.61 Å². The molecule has 1 rings (SSSR count). The molecule has 5 nitrogen and oxygen atoms in total. The highest BCUT2D eigenvalue weighted by Gasteiger charge is 2.02. The van der Waals surface area contributed by atoms with Gasteiger partial charge in [0, 0.05) is 5.56 Å². The van der Waals surface area contributed by atoms with Crippen LogP contribution in [0.5, 0.6) is 0 Å². The van der Waals surface area contributed by atoms with E-state index < -0.39 is 11.9 Å². The molecule has 0 heterocycles. The topological polar surface area (TPSA) is 89.6 Å². The molecule has 15 heavy (non-hydrogen) atoms. The van der Waals surface area contributed by atoms with Crippen LogP contribution in [-0.4, -0.2) is 23.6 Å². The van der Waals surface area contributed by atoms with Gasteiger partial charge in [0.25, 0.3) is 0 Å². The Kier molecular flexibility index (Phi) is 3.82. The number of benzene rings is 1. The van der Waals surface area contributed by atoms with Crippen LogP contribution in [0.2, 0.25) is 0 Å². The van der Waals surface area contributed by atoms with Crippen molar-refractivity contribution in [1.29, 1.82) is 0 Å². The Bertz CT molecular complexity index is 375. The molecule has 80 valence electrons. The van der Waals surface area contributed by atoms with E-state index >= 15 is 0 Å². The van der Waals surface area contributed by atoms with Gasteiger partial charge in [0.05, 0.1) is 6.61 Å². The molecule has 0 fully saturated rings. The molecule has 1 aromatic carbocycles. The van der Waals surface area contributed by atoms with Crippen molar-refractivity contribution in [1.82, 2.24) is 0 Å². The fourth-order valence-electron chi connectivity index (χ4n) is 1.07. The van der Waals surface area contributed by atoms with Crippen LogP contribution in [0.3, 0.4) is 0 Å². The van der Waals surface area contributed by atoms with Crippen molar-refractivity contribution in [3.63, 3.8) is 0 Å². The average Bonchev–Trinajstić information content (AvgIpc) is 2.17. The van der Waals surface area contributed by atoms with Crippen molar-refractivity contribution in [2.45, 2.75) is 6.61 Å². The van der Waals surface area contributed by atoms with Gasteiger partial charge >= 0.3 is 5.97 Å². The Labute approximate surface area is 86.5 Å². The fourth-order valence-corrected chi connectivity index (χ4v) is 1.07. The van der Waals surface area contributed by atoms with E-state index in [0.29, 0.717) is 11.1 Å². The second-order valence-electron chi connectivity index (χ2n) is 2.95. The average molecular weight is 209 g/mol. The molecule has 0 aromatic heterocycles. The summed E-state index contributed by atoms with van der Waals surface area (Å²) in [6, 6.07) is 6.56. The summed E-state index contributed by atoms with van der Waals surface area (Å²) in [4.78, 5) is 21.0. The van der Waals surface area contributed by atoms with Gasteiger partial charge in [0.15, 0.2) is 0 Å². The normalized spacial score (nSPS) is 9.87. The van der Waals surface area contributed by atoms with E-state index in [2.05, 4.69) is 0 Å². The summed E-state index contributed by atoms with van der Waals surface area (Å²) in [5.74, 6) is -1.55. The minimum absolute atomic E-state index is 0.146. The molecule has 3 N–H and O–H groups in total. The van der Waals surface area contributed by atoms with E-state index in [1.54, 1.807) is 24.3 Å². The van der Waals surface area contributed by atoms with Gasteiger partial charge in [0.2, 0.25) is 5.91 Å². The minimum Gasteiger partial charge on any atom is -0.480 e. The first kappa shape index (κ1) is 11.2. The van der Waals surface area contributed by atoms with E-state index in [1.807, 2.05) is 0 Å². The number of primary amides is 1. The molecule has 0 bridgehead atoms. The van der Waals surface area contributed by atoms with Crippen LogP contribution in [0.4, 0.5) is 0 Å². The van der Waals surface area contributed by atoms with Crippen LogP contribution >= 0.6 is 0 Å². The predicted molar refractivity (Wildman–Crippen MR) is 52.3 cm³/mol. The molecular formula is C10H11NO4. The first-order valence-electron chi connectivity index (χ1n) is 4.28. The molecular weight excluding hydrogens is 198 g/mol. The highest BCUT2D eigenvalue weighted by atomic mass is 16.5. The van der Waals surface area contributed by atoms with E-state index in [9.17, 15) is 9.59 Å². The molecule has 0 radical (unpaired) electrons. The van der Waals surface area contributed by atoms with Gasteiger partial charge < -0.3 is 15.6 Å². The van der Waals surface area contributed by atoms with E-state index in [-0.39, 0.29) is 13.2 Å². The van der Waals surface area contributed by atoms with Crippen LogP contribution in [0.1, 0.15) is 15.9 Å². The lowest BCUT2D eigenvalue weighted by atomic mass is 10.1. The summed E-state index contributed by atoms with van der Waals surface area (Å²) >= 11 is 0. The highest BCUT2D eigenvalue weighted by Crippen LogP contribution is 2.05. The lowest BCUT2D eigenvalue weighted by Crippen LogP contribution is -2.11. The first-order valence-corrected chi connectivity index (χ1v) is 4.28. The number of amides is 1. The molecule has 0 aliphatic heterocycles. The largest absolute Gasteiger partial charge is 0.480 e. The third kappa shape index (κ3) is 3.78. The Morgan fingerprint density at radius 2 is 2.13 bits per heavy atom. The number of carbonyl (C=O) groups is 2. The Morgan fingerprint density at radius 1 is 1.40 bits per heavy atom. The van der Waals surface area contributed by atoms with E-state index in [4.69, 9.17) is 15.6 Å². The molecule has 1 aromatic rings.